The molecule has 10 heteroatoms. The quantitative estimate of drug-likeness (QED) is 0.154. The van der Waals surface area contributed by atoms with Gasteiger partial charge in [-0.3, -0.25) is 0 Å². The lowest BCUT2D eigenvalue weighted by molar-refractivity contribution is 1.25. The Hall–Kier alpha value is -12.9. The van der Waals surface area contributed by atoms with E-state index in [1.165, 1.54) is 156 Å². The van der Waals surface area contributed by atoms with Crippen molar-refractivity contribution in [3.8, 4) is 0 Å². The zero-order valence-electron chi connectivity index (χ0n) is 54.2. The third-order valence-electron chi connectivity index (χ3n) is 22.5. The van der Waals surface area contributed by atoms with Gasteiger partial charge in [0, 0.05) is 118 Å². The van der Waals surface area contributed by atoms with Crippen molar-refractivity contribution >= 4 is 210 Å². The highest BCUT2D eigenvalue weighted by Gasteiger charge is 2.49. The Morgan fingerprint density at radius 3 is 0.840 bits per heavy atom. The lowest BCUT2D eigenvalue weighted by Crippen LogP contribution is -2.61. The van der Waals surface area contributed by atoms with E-state index < -0.39 is 0 Å². The molecule has 0 atom stereocenters. The number of nitrogens with zero attached hydrogens (tertiary/aromatic N) is 7. The predicted molar refractivity (Wildman–Crippen MR) is 423 cm³/mol. The van der Waals surface area contributed by atoms with Crippen LogP contribution in [0.25, 0.3) is 38.1 Å². The summed E-state index contributed by atoms with van der Waals surface area (Å²) in [6, 6.07) is 128. The molecule has 0 fully saturated rings. The molecule has 0 radical (unpaired) electrons. The van der Waals surface area contributed by atoms with Crippen LogP contribution in [0.5, 0.6) is 0 Å². The molecule has 7 nitrogen and oxygen atoms in total. The number of benzene rings is 15. The summed E-state index contributed by atoms with van der Waals surface area (Å²) in [4.78, 5) is 15.3. The van der Waals surface area contributed by atoms with Crippen LogP contribution in [0.15, 0.2) is 340 Å². The number of anilines is 18. The topological polar surface area (TPSA) is 23.9 Å². The van der Waals surface area contributed by atoms with Gasteiger partial charge >= 0.3 is 0 Å². The fraction of sp³-hybridized carbons (Fsp3) is 0. The maximum absolute atomic E-state index is 2.72. The van der Waals surface area contributed by atoms with Crippen LogP contribution in [0.3, 0.4) is 0 Å². The van der Waals surface area contributed by atoms with Crippen LogP contribution in [0.4, 0.5) is 102 Å². The van der Waals surface area contributed by atoms with E-state index in [9.17, 15) is 0 Å². The number of aromatic nitrogens is 1. The summed E-state index contributed by atoms with van der Waals surface area (Å²) < 4.78 is 2.72. The Labute approximate surface area is 579 Å². The molecule has 8 heterocycles. The van der Waals surface area contributed by atoms with E-state index >= 15 is 0 Å². The Balaban J connectivity index is 0.892. The molecule has 0 bridgehead atoms. The minimum absolute atomic E-state index is 0.0990. The first kappa shape index (κ1) is 54.2. The van der Waals surface area contributed by atoms with Gasteiger partial charge in [0.15, 0.2) is 0 Å². The second-order valence-electron chi connectivity index (χ2n) is 27.4. The van der Waals surface area contributed by atoms with E-state index in [0.717, 1.165) is 34.1 Å². The summed E-state index contributed by atoms with van der Waals surface area (Å²) in [7, 11) is 0. The molecule has 0 N–H and O–H groups in total. The molecule has 0 aliphatic carbocycles. The van der Waals surface area contributed by atoms with Gasteiger partial charge in [-0.15, -0.1) is 0 Å². The highest BCUT2D eigenvalue weighted by atomic mass is 15.2. The highest BCUT2D eigenvalue weighted by molar-refractivity contribution is 7.02. The van der Waals surface area contributed by atoms with E-state index in [1.807, 2.05) is 0 Å². The molecule has 0 unspecified atom stereocenters. The molecule has 0 saturated heterocycles. The first-order valence-electron chi connectivity index (χ1n) is 34.9. The van der Waals surface area contributed by atoms with Gasteiger partial charge in [-0.25, -0.2) is 0 Å². The SMILES string of the molecule is c1ccc(N2c3ccccc3B3c4cc5c(cc4N(c4ccccc4)c4cccc2c43)c2cc3c(c4c6cc7c(cc6n5c24)B2c4ccccc4N(c4ccccc4)c4cccc(c42)N7c2ccccc2)N(c2ccccc2)c2cccc4c2B3c2ccccc2N4c2ccccc2)cc1. The van der Waals surface area contributed by atoms with Crippen molar-refractivity contribution in [1.82, 2.24) is 4.40 Å². The van der Waals surface area contributed by atoms with Crippen LogP contribution >= 0.6 is 0 Å². The van der Waals surface area contributed by atoms with E-state index in [0.29, 0.717) is 0 Å². The molecule has 6 aliphatic heterocycles. The molecule has 6 aliphatic rings. The van der Waals surface area contributed by atoms with E-state index in [2.05, 4.69) is 374 Å². The molecule has 460 valence electrons. The molecule has 0 saturated carbocycles. The second-order valence-corrected chi connectivity index (χ2v) is 27.4. The smallest absolute Gasteiger partial charge is 0.252 e. The molecule has 17 aromatic rings. The van der Waals surface area contributed by atoms with Crippen molar-refractivity contribution in [3.63, 3.8) is 0 Å². The first-order valence-corrected chi connectivity index (χ1v) is 34.9. The van der Waals surface area contributed by atoms with Gasteiger partial charge in [-0.1, -0.05) is 188 Å². The van der Waals surface area contributed by atoms with Crippen molar-refractivity contribution in [2.24, 2.45) is 0 Å². The van der Waals surface area contributed by atoms with Crippen molar-refractivity contribution in [1.29, 1.82) is 0 Å². The highest BCUT2D eigenvalue weighted by Crippen LogP contribution is 2.54. The zero-order valence-corrected chi connectivity index (χ0v) is 54.2. The van der Waals surface area contributed by atoms with Gasteiger partial charge in [0.1, 0.15) is 0 Å². The predicted octanol–water partition coefficient (Wildman–Crippen LogP) is 17.1. The maximum atomic E-state index is 2.72. The van der Waals surface area contributed by atoms with Crippen LogP contribution < -0.4 is 78.6 Å². The van der Waals surface area contributed by atoms with Crippen molar-refractivity contribution < 1.29 is 0 Å². The Morgan fingerprint density at radius 2 is 0.470 bits per heavy atom. The van der Waals surface area contributed by atoms with Crippen LogP contribution in [-0.4, -0.2) is 24.5 Å². The van der Waals surface area contributed by atoms with Crippen molar-refractivity contribution in [2.75, 3.05) is 29.4 Å². The van der Waals surface area contributed by atoms with Gasteiger partial charge < -0.3 is 33.8 Å². The third kappa shape index (κ3) is 7.15. The van der Waals surface area contributed by atoms with Crippen LogP contribution in [0.2, 0.25) is 0 Å². The molecule has 23 rings (SSSR count). The fourth-order valence-electron chi connectivity index (χ4n) is 18.8. The molecule has 0 spiro atoms. The number of hydrogen-bond donors (Lipinski definition) is 0. The number of fused-ring (bicyclic) bond motifs is 19. The van der Waals surface area contributed by atoms with Crippen molar-refractivity contribution in [3.05, 3.63) is 340 Å². The zero-order chi connectivity index (χ0) is 65.0. The van der Waals surface area contributed by atoms with Gasteiger partial charge in [0.2, 0.25) is 0 Å². The summed E-state index contributed by atoms with van der Waals surface area (Å²) in [5.41, 5.74) is 36.2. The minimum atomic E-state index is -0.134. The molecular formula is C90H56B3N7. The standard InChI is InChI=1S/C90H56B3N7/c1-7-28-57(29-8-1)94-72-43-22-19-40-66(72)91-69-55-81-63(53-83(69)97(60-34-13-4-14-35-60)78-49-25-46-75(94)86(78)91)64-52-71-90(99(62-38-17-6-18-39-62)80-51-27-48-77-88(80)93(71)68-42-21-24-45-74(68)96(77)59-32-11-3-12-33-59)85-65-54-84-70(56-82(65)100(81)89(64)85)92-67-41-20-23-44-73(67)95(58-30-9-2-10-31-58)76-47-26-50-79(87(76)92)98(84)61-36-15-5-16-37-61/h1-56H. The largest absolute Gasteiger partial charge is 0.311 e. The van der Waals surface area contributed by atoms with Crippen LogP contribution in [0.1, 0.15) is 0 Å². The molecule has 2 aromatic heterocycles. The summed E-state index contributed by atoms with van der Waals surface area (Å²) in [6.45, 7) is -0.341. The lowest BCUT2D eigenvalue weighted by atomic mass is 9.33. The summed E-state index contributed by atoms with van der Waals surface area (Å²) in [5, 5.41) is 4.90. The van der Waals surface area contributed by atoms with Gasteiger partial charge in [-0.2, -0.15) is 0 Å². The maximum Gasteiger partial charge on any atom is 0.252 e. The van der Waals surface area contributed by atoms with E-state index in [1.54, 1.807) is 0 Å². The monoisotopic (exact) mass is 1270 g/mol. The van der Waals surface area contributed by atoms with Crippen molar-refractivity contribution in [2.45, 2.75) is 0 Å². The lowest BCUT2D eigenvalue weighted by Gasteiger charge is -2.44. The van der Waals surface area contributed by atoms with Gasteiger partial charge in [0.25, 0.3) is 20.1 Å². The summed E-state index contributed by atoms with van der Waals surface area (Å²) in [6.07, 6.45) is 0. The fourth-order valence-corrected chi connectivity index (χ4v) is 18.8. The van der Waals surface area contributed by atoms with Crippen LogP contribution in [-0.2, 0) is 0 Å². The van der Waals surface area contributed by atoms with E-state index in [-0.39, 0.29) is 20.1 Å². The van der Waals surface area contributed by atoms with Gasteiger partial charge in [0.05, 0.1) is 22.2 Å². The normalized spacial score (nSPS) is 14.0. The summed E-state index contributed by atoms with van der Waals surface area (Å²) in [5.74, 6) is 0. The molecule has 15 aromatic carbocycles. The number of rotatable bonds is 6. The second kappa shape index (κ2) is 20.3. The molecule has 0 amide bonds. The Morgan fingerprint density at radius 1 is 0.190 bits per heavy atom. The summed E-state index contributed by atoms with van der Waals surface area (Å²) >= 11 is 0. The van der Waals surface area contributed by atoms with Crippen LogP contribution in [0, 0.1) is 0 Å². The first-order chi connectivity index (χ1) is 49.7. The van der Waals surface area contributed by atoms with Gasteiger partial charge in [-0.05, 0) is 201 Å². The molecular weight excluding hydrogens is 1210 g/mol. The van der Waals surface area contributed by atoms with E-state index in [4.69, 9.17) is 0 Å². The Kier molecular flexibility index (Phi) is 11.0. The number of hydrogen-bond acceptors (Lipinski definition) is 6. The third-order valence-corrected chi connectivity index (χ3v) is 22.5. The Bertz CT molecular complexity index is 6290. The average molecular weight is 1270 g/mol. The molecule has 100 heavy (non-hydrogen) atoms. The number of para-hydroxylation sites is 9. The minimum Gasteiger partial charge on any atom is -0.311 e. The average Bonchev–Trinajstić information content (AvgIpc) is 1.43.